The molecule has 0 spiro atoms. The summed E-state index contributed by atoms with van der Waals surface area (Å²) in [4.78, 5) is 31.1. The van der Waals surface area contributed by atoms with Crippen LogP contribution in [0.2, 0.25) is 0 Å². The first-order chi connectivity index (χ1) is 14.9. The van der Waals surface area contributed by atoms with Crippen LogP contribution >= 0.6 is 0 Å². The predicted octanol–water partition coefficient (Wildman–Crippen LogP) is 2.68. The van der Waals surface area contributed by atoms with E-state index in [9.17, 15) is 14.7 Å². The van der Waals surface area contributed by atoms with E-state index in [4.69, 9.17) is 9.47 Å². The number of aromatic nitrogens is 2. The molecule has 162 valence electrons. The molecule has 2 aromatic carbocycles. The van der Waals surface area contributed by atoms with E-state index in [0.717, 1.165) is 15.7 Å². The number of benzene rings is 2. The van der Waals surface area contributed by atoms with Gasteiger partial charge in [0.15, 0.2) is 11.5 Å². The number of rotatable bonds is 8. The number of H-pyrrole nitrogens is 1. The van der Waals surface area contributed by atoms with Crippen molar-refractivity contribution in [3.63, 3.8) is 0 Å². The van der Waals surface area contributed by atoms with Gasteiger partial charge in [-0.1, -0.05) is 36.4 Å². The molecule has 2 N–H and O–H groups in total. The minimum absolute atomic E-state index is 0.0605. The fraction of sp³-hybridized carbons (Fsp3) is 0.261. The van der Waals surface area contributed by atoms with Gasteiger partial charge in [0, 0.05) is 12.8 Å². The second kappa shape index (κ2) is 9.80. The highest BCUT2D eigenvalue weighted by atomic mass is 16.5. The van der Waals surface area contributed by atoms with Crippen molar-refractivity contribution in [1.29, 1.82) is 0 Å². The highest BCUT2D eigenvalue weighted by Gasteiger charge is 2.14. The highest BCUT2D eigenvalue weighted by molar-refractivity contribution is 5.82. The van der Waals surface area contributed by atoms with E-state index in [1.807, 2.05) is 43.3 Å². The Bertz CT molecular complexity index is 1180. The van der Waals surface area contributed by atoms with Crippen molar-refractivity contribution in [1.82, 2.24) is 9.55 Å². The molecule has 3 aromatic rings. The van der Waals surface area contributed by atoms with Gasteiger partial charge in [0.05, 0.1) is 20.3 Å². The Morgan fingerprint density at radius 2 is 1.81 bits per heavy atom. The van der Waals surface area contributed by atoms with Crippen LogP contribution in [-0.4, -0.2) is 35.1 Å². The van der Waals surface area contributed by atoms with Gasteiger partial charge in [0.1, 0.15) is 5.56 Å². The summed E-state index contributed by atoms with van der Waals surface area (Å²) in [5.41, 5.74) is 0.416. The molecule has 1 unspecified atom stereocenters. The fourth-order valence-electron chi connectivity index (χ4n) is 3.18. The van der Waals surface area contributed by atoms with E-state index in [0.29, 0.717) is 17.9 Å². The number of methoxy groups -OCH3 is 2. The van der Waals surface area contributed by atoms with Gasteiger partial charge in [-0.15, -0.1) is 0 Å². The summed E-state index contributed by atoms with van der Waals surface area (Å²) in [6.45, 7) is 2.04. The summed E-state index contributed by atoms with van der Waals surface area (Å²) in [5, 5.41) is 10.6. The lowest BCUT2D eigenvalue weighted by Gasteiger charge is -2.12. The Labute approximate surface area is 179 Å². The van der Waals surface area contributed by atoms with Gasteiger partial charge in [0.25, 0.3) is 5.56 Å². The van der Waals surface area contributed by atoms with Crippen LogP contribution in [-0.2, 0) is 13.0 Å². The number of aromatic amines is 1. The smallest absolute Gasteiger partial charge is 0.331 e. The van der Waals surface area contributed by atoms with Crippen LogP contribution in [0.5, 0.6) is 17.4 Å². The molecule has 1 heterocycles. The molecule has 1 aromatic heterocycles. The third-order valence-corrected chi connectivity index (χ3v) is 4.99. The molecule has 0 radical (unpaired) electrons. The van der Waals surface area contributed by atoms with Crippen molar-refractivity contribution in [2.45, 2.75) is 25.9 Å². The minimum Gasteiger partial charge on any atom is -0.494 e. The lowest BCUT2D eigenvalue weighted by molar-refractivity contribution is 0.354. The molecule has 8 heteroatoms. The first kappa shape index (κ1) is 21.9. The van der Waals surface area contributed by atoms with Gasteiger partial charge in [0.2, 0.25) is 5.88 Å². The van der Waals surface area contributed by atoms with Crippen molar-refractivity contribution in [3.05, 3.63) is 86.1 Å². The normalized spacial score (nSPS) is 12.1. The second-order valence-corrected chi connectivity index (χ2v) is 6.95. The molecule has 0 saturated carbocycles. The van der Waals surface area contributed by atoms with E-state index in [2.05, 4.69) is 9.98 Å². The maximum Gasteiger partial charge on any atom is 0.331 e. The molecule has 0 aliphatic heterocycles. The maximum atomic E-state index is 12.3. The van der Waals surface area contributed by atoms with Crippen LogP contribution in [0.3, 0.4) is 0 Å². The van der Waals surface area contributed by atoms with Crippen LogP contribution in [0, 0.1) is 0 Å². The summed E-state index contributed by atoms with van der Waals surface area (Å²) in [6, 6.07) is 14.8. The Balaban J connectivity index is 1.85. The third kappa shape index (κ3) is 5.03. The first-order valence-corrected chi connectivity index (χ1v) is 9.79. The number of nitrogens with zero attached hydrogens (tertiary/aromatic N) is 2. The van der Waals surface area contributed by atoms with Gasteiger partial charge < -0.3 is 14.6 Å². The summed E-state index contributed by atoms with van der Waals surface area (Å²) >= 11 is 0. The zero-order valence-electron chi connectivity index (χ0n) is 17.7. The topological polar surface area (TPSA) is 106 Å². The highest BCUT2D eigenvalue weighted by Crippen LogP contribution is 2.28. The fourth-order valence-corrected chi connectivity index (χ4v) is 3.18. The zero-order valence-corrected chi connectivity index (χ0v) is 17.7. The monoisotopic (exact) mass is 423 g/mol. The number of hydrogen-bond acceptors (Lipinski definition) is 6. The molecule has 0 amide bonds. The number of nitrogens with one attached hydrogen (secondary N) is 1. The van der Waals surface area contributed by atoms with E-state index in [1.165, 1.54) is 6.21 Å². The largest absolute Gasteiger partial charge is 0.494 e. The van der Waals surface area contributed by atoms with E-state index < -0.39 is 17.1 Å². The van der Waals surface area contributed by atoms with Crippen LogP contribution in [0.1, 0.15) is 29.7 Å². The molecule has 1 atom stereocenters. The number of aryl methyl sites for hydroxylation is 1. The lowest BCUT2D eigenvalue weighted by atomic mass is 10.1. The van der Waals surface area contributed by atoms with Crippen LogP contribution in [0.4, 0.5) is 0 Å². The number of hydrogen-bond donors (Lipinski definition) is 2. The van der Waals surface area contributed by atoms with E-state index in [1.54, 1.807) is 26.4 Å². The van der Waals surface area contributed by atoms with Gasteiger partial charge >= 0.3 is 5.69 Å². The zero-order chi connectivity index (χ0) is 22.4. The van der Waals surface area contributed by atoms with Crippen molar-refractivity contribution < 1.29 is 14.6 Å². The molecule has 0 saturated heterocycles. The molecule has 0 bridgehead atoms. The number of aliphatic imine (C=N–C) groups is 1. The van der Waals surface area contributed by atoms with Gasteiger partial charge in [-0.2, -0.15) is 0 Å². The molecular formula is C23H25N3O5. The maximum absolute atomic E-state index is 12.3. The van der Waals surface area contributed by atoms with Crippen molar-refractivity contribution in [2.75, 3.05) is 14.2 Å². The molecule has 0 aliphatic carbocycles. The van der Waals surface area contributed by atoms with Crippen molar-refractivity contribution >= 4 is 6.21 Å². The Morgan fingerprint density at radius 3 is 2.48 bits per heavy atom. The van der Waals surface area contributed by atoms with Crippen LogP contribution < -0.4 is 20.7 Å². The average Bonchev–Trinajstić information content (AvgIpc) is 2.78. The molecule has 3 rings (SSSR count). The molecular weight excluding hydrogens is 398 g/mol. The van der Waals surface area contributed by atoms with Crippen molar-refractivity contribution in [3.8, 4) is 17.4 Å². The van der Waals surface area contributed by atoms with E-state index in [-0.39, 0.29) is 18.2 Å². The van der Waals surface area contributed by atoms with Gasteiger partial charge in [-0.3, -0.25) is 19.3 Å². The summed E-state index contributed by atoms with van der Waals surface area (Å²) in [6.07, 6.45) is 1.73. The quantitative estimate of drug-likeness (QED) is 0.542. The van der Waals surface area contributed by atoms with Gasteiger partial charge in [-0.05, 0) is 36.6 Å². The SMILES string of the molecule is COc1ccc(CCn2c(O)c(C=NC(C)c3ccccc3)c(=O)[nH]c2=O)cc1OC. The Kier molecular flexibility index (Phi) is 6.92. The summed E-state index contributed by atoms with van der Waals surface area (Å²) in [5.74, 6) is 0.750. The number of ether oxygens (including phenoxy) is 2. The summed E-state index contributed by atoms with van der Waals surface area (Å²) < 4.78 is 11.6. The second-order valence-electron chi connectivity index (χ2n) is 6.95. The average molecular weight is 423 g/mol. The molecule has 0 aliphatic rings. The van der Waals surface area contributed by atoms with Crippen molar-refractivity contribution in [2.24, 2.45) is 4.99 Å². The first-order valence-electron chi connectivity index (χ1n) is 9.79. The Hall–Kier alpha value is -3.81. The van der Waals surface area contributed by atoms with E-state index >= 15 is 0 Å². The third-order valence-electron chi connectivity index (χ3n) is 4.99. The van der Waals surface area contributed by atoms with Crippen LogP contribution in [0.15, 0.2) is 63.1 Å². The lowest BCUT2D eigenvalue weighted by Crippen LogP contribution is -2.32. The van der Waals surface area contributed by atoms with Gasteiger partial charge in [-0.25, -0.2) is 4.79 Å². The van der Waals surface area contributed by atoms with Crippen LogP contribution in [0.25, 0.3) is 0 Å². The Morgan fingerprint density at radius 1 is 1.10 bits per heavy atom. The number of aromatic hydroxyl groups is 1. The summed E-state index contributed by atoms with van der Waals surface area (Å²) in [7, 11) is 3.10. The molecule has 8 nitrogen and oxygen atoms in total. The molecule has 0 fully saturated rings. The predicted molar refractivity (Wildman–Crippen MR) is 119 cm³/mol. The molecule has 31 heavy (non-hydrogen) atoms. The standard InChI is InChI=1S/C23H25N3O5/c1-15(17-7-5-4-6-8-17)24-14-18-21(27)25-23(29)26(22(18)28)12-11-16-9-10-19(30-2)20(13-16)31-3/h4-10,13-15,28H,11-12H2,1-3H3,(H,25,27,29). The minimum atomic E-state index is -0.686.